The Labute approximate surface area is 186 Å². The minimum absolute atomic E-state index is 0.181. The van der Waals surface area contributed by atoms with Crippen molar-refractivity contribution in [1.82, 2.24) is 14.9 Å². The Morgan fingerprint density at radius 1 is 0.968 bits per heavy atom. The van der Waals surface area contributed by atoms with Crippen LogP contribution >= 0.6 is 15.9 Å². The van der Waals surface area contributed by atoms with Crippen LogP contribution in [0.3, 0.4) is 0 Å². The lowest BCUT2D eigenvalue weighted by Gasteiger charge is -2.15. The number of nitrogens with zero attached hydrogens (tertiary/aromatic N) is 2. The van der Waals surface area contributed by atoms with Gasteiger partial charge < -0.3 is 5.32 Å². The predicted molar refractivity (Wildman–Crippen MR) is 119 cm³/mol. The molecule has 1 aromatic heterocycles. The van der Waals surface area contributed by atoms with E-state index in [0.29, 0.717) is 11.3 Å². The number of amides is 1. The summed E-state index contributed by atoms with van der Waals surface area (Å²) in [7, 11) is 0. The van der Waals surface area contributed by atoms with Crippen LogP contribution in [0, 0.1) is 11.6 Å². The van der Waals surface area contributed by atoms with Gasteiger partial charge in [0.15, 0.2) is 11.6 Å². The molecule has 0 aliphatic heterocycles. The summed E-state index contributed by atoms with van der Waals surface area (Å²) in [6, 6.07) is 18.5. The number of carbonyl (C=O) groups excluding carboxylic acids is 1. The average molecular weight is 482 g/mol. The monoisotopic (exact) mass is 481 g/mol. The Balaban J connectivity index is 1.54. The number of aromatic nitrogens is 2. The molecule has 0 aliphatic rings. The number of carbonyl (C=O) groups is 1. The maximum Gasteiger partial charge on any atom is 0.270 e. The Bertz CT molecular complexity index is 1220. The van der Waals surface area contributed by atoms with Crippen LogP contribution in [0.25, 0.3) is 16.8 Å². The van der Waals surface area contributed by atoms with E-state index in [2.05, 4.69) is 26.2 Å². The molecule has 0 bridgehead atoms. The van der Waals surface area contributed by atoms with Gasteiger partial charge in [-0.1, -0.05) is 46.3 Å². The van der Waals surface area contributed by atoms with Gasteiger partial charge in [-0.3, -0.25) is 9.36 Å². The van der Waals surface area contributed by atoms with Gasteiger partial charge in [-0.25, -0.2) is 13.8 Å². The zero-order valence-corrected chi connectivity index (χ0v) is 18.1. The fourth-order valence-corrected chi connectivity index (χ4v) is 3.53. The molecule has 156 valence electrons. The molecule has 4 nitrogen and oxygen atoms in total. The first-order chi connectivity index (χ1) is 14.9. The Hall–Kier alpha value is -3.32. The predicted octanol–water partition coefficient (Wildman–Crippen LogP) is 6.07. The molecule has 0 saturated carbocycles. The van der Waals surface area contributed by atoms with Crippen molar-refractivity contribution in [3.8, 4) is 16.8 Å². The molecule has 7 heteroatoms. The second kappa shape index (κ2) is 8.81. The lowest BCUT2D eigenvalue weighted by atomic mass is 10.1. The molecule has 4 aromatic rings. The molecule has 0 aliphatic carbocycles. The van der Waals surface area contributed by atoms with Gasteiger partial charge in [-0.2, -0.15) is 0 Å². The summed E-state index contributed by atoms with van der Waals surface area (Å²) in [5.74, 6) is -2.03. The van der Waals surface area contributed by atoms with Crippen molar-refractivity contribution >= 4 is 21.8 Å². The fourth-order valence-electron chi connectivity index (χ4n) is 3.26. The van der Waals surface area contributed by atoms with Gasteiger partial charge in [0.05, 0.1) is 18.6 Å². The highest BCUT2D eigenvalue weighted by atomic mass is 79.9. The van der Waals surface area contributed by atoms with Crippen molar-refractivity contribution in [1.29, 1.82) is 0 Å². The summed E-state index contributed by atoms with van der Waals surface area (Å²) in [5.41, 5.74) is 3.41. The molecule has 1 amide bonds. The average Bonchev–Trinajstić information content (AvgIpc) is 3.26. The van der Waals surface area contributed by atoms with Gasteiger partial charge in [-0.15, -0.1) is 0 Å². The second-order valence-electron chi connectivity index (χ2n) is 7.07. The maximum atomic E-state index is 13.5. The molecule has 1 atom stereocenters. The number of imidazole rings is 1. The van der Waals surface area contributed by atoms with Gasteiger partial charge >= 0.3 is 0 Å². The Morgan fingerprint density at radius 2 is 1.65 bits per heavy atom. The van der Waals surface area contributed by atoms with Crippen LogP contribution in [0.5, 0.6) is 0 Å². The van der Waals surface area contributed by atoms with Crippen molar-refractivity contribution in [2.75, 3.05) is 0 Å². The number of hydrogen-bond donors (Lipinski definition) is 1. The Morgan fingerprint density at radius 3 is 2.32 bits per heavy atom. The van der Waals surface area contributed by atoms with Crippen molar-refractivity contribution in [3.63, 3.8) is 0 Å². The highest BCUT2D eigenvalue weighted by molar-refractivity contribution is 9.10. The van der Waals surface area contributed by atoms with Crippen molar-refractivity contribution < 1.29 is 13.6 Å². The summed E-state index contributed by atoms with van der Waals surface area (Å²) in [6.07, 6.45) is 3.07. The van der Waals surface area contributed by atoms with Gasteiger partial charge in [-0.05, 0) is 60.0 Å². The summed E-state index contributed by atoms with van der Waals surface area (Å²) >= 11 is 3.40. The van der Waals surface area contributed by atoms with Crippen LogP contribution in [-0.2, 0) is 0 Å². The number of halogens is 3. The highest BCUT2D eigenvalue weighted by Gasteiger charge is 2.16. The van der Waals surface area contributed by atoms with E-state index in [0.717, 1.165) is 33.4 Å². The number of hydrogen-bond acceptors (Lipinski definition) is 2. The topological polar surface area (TPSA) is 46.9 Å². The number of rotatable bonds is 5. The van der Waals surface area contributed by atoms with Gasteiger partial charge in [0.25, 0.3) is 5.91 Å². The molecular formula is C24H18BrF2N3O. The molecule has 3 aromatic carbocycles. The van der Waals surface area contributed by atoms with Gasteiger partial charge in [0, 0.05) is 10.2 Å². The SMILES string of the molecule is C[C@H](NC(=O)c1cncn1-c1ccc(-c2ccc(F)c(F)c2)cc1)c1ccc(Br)cc1. The van der Waals surface area contributed by atoms with E-state index in [1.165, 1.54) is 12.3 Å². The molecule has 0 unspecified atom stereocenters. The normalized spacial score (nSPS) is 11.9. The first kappa shape index (κ1) is 20.9. The van der Waals surface area contributed by atoms with Crippen LogP contribution < -0.4 is 5.32 Å². The molecule has 1 N–H and O–H groups in total. The third kappa shape index (κ3) is 4.56. The molecule has 31 heavy (non-hydrogen) atoms. The van der Waals surface area contributed by atoms with E-state index < -0.39 is 11.6 Å². The van der Waals surface area contributed by atoms with Gasteiger partial charge in [0.1, 0.15) is 5.69 Å². The maximum absolute atomic E-state index is 13.5. The summed E-state index contributed by atoms with van der Waals surface area (Å²) in [5, 5.41) is 2.98. The smallest absolute Gasteiger partial charge is 0.270 e. The largest absolute Gasteiger partial charge is 0.344 e. The number of benzene rings is 3. The fraction of sp³-hybridized carbons (Fsp3) is 0.0833. The van der Waals surface area contributed by atoms with Gasteiger partial charge in [0.2, 0.25) is 0 Å². The lowest BCUT2D eigenvalue weighted by molar-refractivity contribution is 0.0933. The summed E-state index contributed by atoms with van der Waals surface area (Å²) < 4.78 is 29.3. The van der Waals surface area contributed by atoms with Crippen molar-refractivity contribution in [2.45, 2.75) is 13.0 Å². The van der Waals surface area contributed by atoms with E-state index in [1.807, 2.05) is 31.2 Å². The zero-order chi connectivity index (χ0) is 22.0. The van der Waals surface area contributed by atoms with Crippen LogP contribution in [0.15, 0.2) is 83.7 Å². The molecule has 0 fully saturated rings. The summed E-state index contributed by atoms with van der Waals surface area (Å²) in [4.78, 5) is 17.0. The highest BCUT2D eigenvalue weighted by Crippen LogP contribution is 2.24. The molecule has 0 spiro atoms. The first-order valence-electron chi connectivity index (χ1n) is 9.57. The lowest BCUT2D eigenvalue weighted by Crippen LogP contribution is -2.28. The van der Waals surface area contributed by atoms with Crippen LogP contribution in [-0.4, -0.2) is 15.5 Å². The molecule has 1 heterocycles. The van der Waals surface area contributed by atoms with Crippen LogP contribution in [0.2, 0.25) is 0 Å². The van der Waals surface area contributed by atoms with E-state index in [9.17, 15) is 13.6 Å². The second-order valence-corrected chi connectivity index (χ2v) is 7.99. The van der Waals surface area contributed by atoms with E-state index in [-0.39, 0.29) is 11.9 Å². The zero-order valence-electron chi connectivity index (χ0n) is 16.5. The van der Waals surface area contributed by atoms with E-state index in [1.54, 1.807) is 35.2 Å². The van der Waals surface area contributed by atoms with Crippen molar-refractivity contribution in [2.24, 2.45) is 0 Å². The quantitative estimate of drug-likeness (QED) is 0.375. The molecule has 0 saturated heterocycles. The minimum Gasteiger partial charge on any atom is -0.344 e. The molecular weight excluding hydrogens is 464 g/mol. The molecule has 0 radical (unpaired) electrons. The first-order valence-corrected chi connectivity index (χ1v) is 10.4. The Kier molecular flexibility index (Phi) is 5.95. The van der Waals surface area contributed by atoms with Crippen LogP contribution in [0.1, 0.15) is 29.0 Å². The standard InChI is InChI=1S/C24H18BrF2N3O/c1-15(16-2-7-19(25)8-3-16)29-24(31)23-13-28-14-30(23)20-9-4-17(5-10-20)18-6-11-21(26)22(27)12-18/h2-15H,1H3,(H,29,31)/t15-/m0/s1. The molecule has 4 rings (SSSR count). The third-order valence-electron chi connectivity index (χ3n) is 4.99. The summed E-state index contributed by atoms with van der Waals surface area (Å²) in [6.45, 7) is 1.92. The van der Waals surface area contributed by atoms with E-state index in [4.69, 9.17) is 0 Å². The number of nitrogens with one attached hydrogen (secondary N) is 1. The van der Waals surface area contributed by atoms with E-state index >= 15 is 0 Å². The third-order valence-corrected chi connectivity index (χ3v) is 5.52. The van der Waals surface area contributed by atoms with Crippen LogP contribution in [0.4, 0.5) is 8.78 Å². The van der Waals surface area contributed by atoms with Crippen molar-refractivity contribution in [3.05, 3.63) is 107 Å². The minimum atomic E-state index is -0.893.